The second-order valence-electron chi connectivity index (χ2n) is 11.1. The molecule has 206 valence electrons. The molecule has 7 nitrogen and oxygen atoms in total. The Labute approximate surface area is 228 Å². The lowest BCUT2D eigenvalue weighted by Crippen LogP contribution is -2.46. The highest BCUT2D eigenvalue weighted by molar-refractivity contribution is 6.05. The van der Waals surface area contributed by atoms with Crippen molar-refractivity contribution in [3.05, 3.63) is 53.6 Å². The van der Waals surface area contributed by atoms with Crippen molar-refractivity contribution in [2.75, 3.05) is 58.3 Å². The van der Waals surface area contributed by atoms with E-state index >= 15 is 0 Å². The standard InChI is InChI=1S/C31H45N5O2/c1-23(2)36-17-12-25(13-18-36)33-31-26-20-29(37-3)30(38-19-9-16-35-14-7-8-15-35)21-27(26)34-28(22-32-31)24-10-5-4-6-11-24/h4-6,10-11,20-21,23,25,28,34H,7-9,12-19,22H2,1-3H3,(H,32,33). The summed E-state index contributed by atoms with van der Waals surface area (Å²) in [6.07, 6.45) is 5.91. The highest BCUT2D eigenvalue weighted by Crippen LogP contribution is 2.37. The van der Waals surface area contributed by atoms with Crippen LogP contribution in [-0.4, -0.2) is 80.7 Å². The highest BCUT2D eigenvalue weighted by Gasteiger charge is 2.26. The molecule has 0 aromatic heterocycles. The number of benzene rings is 2. The van der Waals surface area contributed by atoms with Gasteiger partial charge in [0, 0.05) is 49.0 Å². The molecule has 5 rings (SSSR count). The van der Waals surface area contributed by atoms with Crippen LogP contribution in [0.4, 0.5) is 5.69 Å². The molecule has 2 aromatic rings. The Kier molecular flexibility index (Phi) is 9.07. The van der Waals surface area contributed by atoms with Gasteiger partial charge in [-0.05, 0) is 70.7 Å². The SMILES string of the molecule is COc1cc2c(cc1OCCCN1CCCC1)NC(c1ccccc1)CN=C2NC1CCN(C(C)C)CC1. The predicted molar refractivity (Wildman–Crippen MR) is 156 cm³/mol. The summed E-state index contributed by atoms with van der Waals surface area (Å²) in [7, 11) is 1.72. The summed E-state index contributed by atoms with van der Waals surface area (Å²) >= 11 is 0. The van der Waals surface area contributed by atoms with Crippen LogP contribution < -0.4 is 20.1 Å². The number of anilines is 1. The van der Waals surface area contributed by atoms with Crippen molar-refractivity contribution in [3.8, 4) is 11.5 Å². The second kappa shape index (κ2) is 12.9. The van der Waals surface area contributed by atoms with Gasteiger partial charge in [0.2, 0.25) is 0 Å². The minimum absolute atomic E-state index is 0.0912. The van der Waals surface area contributed by atoms with Gasteiger partial charge in [-0.15, -0.1) is 0 Å². The average Bonchev–Trinajstić information content (AvgIpc) is 3.40. The molecule has 7 heteroatoms. The minimum Gasteiger partial charge on any atom is -0.493 e. The predicted octanol–water partition coefficient (Wildman–Crippen LogP) is 4.94. The Morgan fingerprint density at radius 2 is 1.79 bits per heavy atom. The molecule has 0 bridgehead atoms. The van der Waals surface area contributed by atoms with E-state index in [1.807, 2.05) is 0 Å². The first-order valence-corrected chi connectivity index (χ1v) is 14.5. The smallest absolute Gasteiger partial charge is 0.163 e. The Morgan fingerprint density at radius 1 is 1.03 bits per heavy atom. The molecule has 1 atom stereocenters. The van der Waals surface area contributed by atoms with Gasteiger partial charge in [-0.3, -0.25) is 4.99 Å². The van der Waals surface area contributed by atoms with E-state index in [0.29, 0.717) is 25.2 Å². The van der Waals surface area contributed by atoms with Gasteiger partial charge in [-0.2, -0.15) is 0 Å². The maximum Gasteiger partial charge on any atom is 0.163 e. The van der Waals surface area contributed by atoms with E-state index in [-0.39, 0.29) is 6.04 Å². The van der Waals surface area contributed by atoms with Crippen LogP contribution in [-0.2, 0) is 0 Å². The summed E-state index contributed by atoms with van der Waals surface area (Å²) in [5.74, 6) is 2.50. The molecule has 0 spiro atoms. The summed E-state index contributed by atoms with van der Waals surface area (Å²) < 4.78 is 12.1. The molecule has 3 aliphatic rings. The molecule has 0 radical (unpaired) electrons. The fourth-order valence-corrected chi connectivity index (χ4v) is 5.88. The van der Waals surface area contributed by atoms with Crippen LogP contribution in [0.2, 0.25) is 0 Å². The van der Waals surface area contributed by atoms with Crippen molar-refractivity contribution in [3.63, 3.8) is 0 Å². The van der Waals surface area contributed by atoms with Crippen LogP contribution in [0.3, 0.4) is 0 Å². The largest absolute Gasteiger partial charge is 0.493 e. The van der Waals surface area contributed by atoms with Crippen molar-refractivity contribution in [2.24, 2.45) is 4.99 Å². The number of methoxy groups -OCH3 is 1. The van der Waals surface area contributed by atoms with Gasteiger partial charge in [0.15, 0.2) is 11.5 Å². The number of piperidine rings is 1. The minimum atomic E-state index is 0.0912. The van der Waals surface area contributed by atoms with Crippen LogP contribution in [0.15, 0.2) is 47.5 Å². The molecule has 0 saturated carbocycles. The molecule has 0 amide bonds. The average molecular weight is 520 g/mol. The zero-order valence-electron chi connectivity index (χ0n) is 23.4. The molecule has 38 heavy (non-hydrogen) atoms. The lowest BCUT2D eigenvalue weighted by atomic mass is 10.0. The van der Waals surface area contributed by atoms with E-state index in [1.54, 1.807) is 7.11 Å². The molecule has 3 heterocycles. The van der Waals surface area contributed by atoms with Crippen LogP contribution in [0.5, 0.6) is 11.5 Å². The summed E-state index contributed by atoms with van der Waals surface area (Å²) in [6, 6.07) is 15.9. The van der Waals surface area contributed by atoms with E-state index in [9.17, 15) is 0 Å². The molecule has 2 aromatic carbocycles. The van der Waals surface area contributed by atoms with Gasteiger partial charge >= 0.3 is 0 Å². The zero-order chi connectivity index (χ0) is 26.3. The van der Waals surface area contributed by atoms with Crippen molar-refractivity contribution in [1.29, 1.82) is 0 Å². The van der Waals surface area contributed by atoms with Gasteiger partial charge in [0.05, 0.1) is 26.3 Å². The van der Waals surface area contributed by atoms with Crippen molar-refractivity contribution >= 4 is 11.5 Å². The zero-order valence-corrected chi connectivity index (χ0v) is 23.4. The third-order valence-corrected chi connectivity index (χ3v) is 8.20. The van der Waals surface area contributed by atoms with E-state index in [1.165, 1.54) is 31.5 Å². The first-order valence-electron chi connectivity index (χ1n) is 14.5. The third-order valence-electron chi connectivity index (χ3n) is 8.20. The van der Waals surface area contributed by atoms with E-state index < -0.39 is 0 Å². The molecular formula is C31H45N5O2. The number of nitrogens with zero attached hydrogens (tertiary/aromatic N) is 3. The van der Waals surface area contributed by atoms with Gasteiger partial charge in [-0.1, -0.05) is 30.3 Å². The number of rotatable bonds is 9. The monoisotopic (exact) mass is 519 g/mol. The molecule has 2 N–H and O–H groups in total. The molecule has 3 aliphatic heterocycles. The molecule has 0 aliphatic carbocycles. The lowest BCUT2D eigenvalue weighted by Gasteiger charge is -2.35. The normalized spacial score (nSPS) is 20.9. The van der Waals surface area contributed by atoms with Gasteiger partial charge in [0.25, 0.3) is 0 Å². The number of hydrogen-bond donors (Lipinski definition) is 2. The van der Waals surface area contributed by atoms with E-state index in [2.05, 4.69) is 76.7 Å². The maximum atomic E-state index is 6.30. The number of fused-ring (bicyclic) bond motifs is 1. The molecule has 2 saturated heterocycles. The topological polar surface area (TPSA) is 61.4 Å². The van der Waals surface area contributed by atoms with Crippen molar-refractivity contribution in [1.82, 2.24) is 15.1 Å². The van der Waals surface area contributed by atoms with E-state index in [4.69, 9.17) is 14.5 Å². The van der Waals surface area contributed by atoms with E-state index in [0.717, 1.165) is 67.5 Å². The summed E-state index contributed by atoms with van der Waals surface area (Å²) in [6.45, 7) is 11.7. The Balaban J connectivity index is 1.35. The molecule has 2 fully saturated rings. The van der Waals surface area contributed by atoms with Gasteiger partial charge < -0.3 is 29.9 Å². The van der Waals surface area contributed by atoms with Crippen LogP contribution in [0.25, 0.3) is 0 Å². The summed E-state index contributed by atoms with van der Waals surface area (Å²) in [5.41, 5.74) is 3.33. The van der Waals surface area contributed by atoms with Gasteiger partial charge in [-0.25, -0.2) is 0 Å². The Hall–Kier alpha value is -2.77. The number of ether oxygens (including phenoxy) is 2. The van der Waals surface area contributed by atoms with Gasteiger partial charge in [0.1, 0.15) is 5.84 Å². The summed E-state index contributed by atoms with van der Waals surface area (Å²) in [4.78, 5) is 10.2. The third kappa shape index (κ3) is 6.62. The number of likely N-dealkylation sites (tertiary alicyclic amines) is 2. The number of aliphatic imine (C=N–C) groups is 1. The van der Waals surface area contributed by atoms with Crippen LogP contribution in [0.1, 0.15) is 63.1 Å². The second-order valence-corrected chi connectivity index (χ2v) is 11.1. The maximum absolute atomic E-state index is 6.30. The fourth-order valence-electron chi connectivity index (χ4n) is 5.88. The number of benzodiazepines with no additional fused rings is 1. The number of amidine groups is 1. The van der Waals surface area contributed by atoms with Crippen molar-refractivity contribution < 1.29 is 9.47 Å². The highest BCUT2D eigenvalue weighted by atomic mass is 16.5. The Bertz CT molecular complexity index is 1060. The lowest BCUT2D eigenvalue weighted by molar-refractivity contribution is 0.167. The van der Waals surface area contributed by atoms with Crippen LogP contribution in [0, 0.1) is 0 Å². The first-order chi connectivity index (χ1) is 18.6. The van der Waals surface area contributed by atoms with Crippen molar-refractivity contribution in [2.45, 2.75) is 64.1 Å². The summed E-state index contributed by atoms with van der Waals surface area (Å²) in [5, 5.41) is 7.61. The van der Waals surface area contributed by atoms with Crippen LogP contribution >= 0.6 is 0 Å². The quantitative estimate of drug-likeness (QED) is 0.458. The first kappa shape index (κ1) is 26.8. The fraction of sp³-hybridized carbons (Fsp3) is 0.581. The Morgan fingerprint density at radius 3 is 2.50 bits per heavy atom. The molecule has 1 unspecified atom stereocenters. The number of nitrogens with one attached hydrogen (secondary N) is 2. The number of hydrogen-bond acceptors (Lipinski definition) is 7. The molecular weight excluding hydrogens is 474 g/mol.